The number of nitrogens with one attached hydrogen (secondary N) is 2. The van der Waals surface area contributed by atoms with E-state index in [1.54, 1.807) is 13.0 Å². The molecule has 0 fully saturated rings. The highest BCUT2D eigenvalue weighted by molar-refractivity contribution is 7.88. The number of benzene rings is 1. The third-order valence-electron chi connectivity index (χ3n) is 2.82. The summed E-state index contributed by atoms with van der Waals surface area (Å²) in [7, 11) is -3.14. The van der Waals surface area contributed by atoms with Gasteiger partial charge < -0.3 is 5.32 Å². The van der Waals surface area contributed by atoms with E-state index in [0.717, 1.165) is 11.8 Å². The summed E-state index contributed by atoms with van der Waals surface area (Å²) in [5.41, 5.74) is 1.64. The van der Waals surface area contributed by atoms with Gasteiger partial charge in [0.15, 0.2) is 0 Å². The van der Waals surface area contributed by atoms with E-state index >= 15 is 0 Å². The summed E-state index contributed by atoms with van der Waals surface area (Å²) in [5, 5.41) is 13.9. The van der Waals surface area contributed by atoms with Crippen molar-refractivity contribution in [3.05, 3.63) is 39.4 Å². The van der Waals surface area contributed by atoms with Gasteiger partial charge in [-0.15, -0.1) is 0 Å². The first-order valence-corrected chi connectivity index (χ1v) is 8.08. The van der Waals surface area contributed by atoms with E-state index in [2.05, 4.69) is 10.0 Å². The number of nitrogens with zero attached hydrogens (tertiary/aromatic N) is 1. The molecule has 0 aliphatic carbocycles. The fraction of sp³-hybridized carbons (Fsp3) is 0.500. The summed E-state index contributed by atoms with van der Waals surface area (Å²) in [4.78, 5) is 10.4. The standard InChI is InChI=1S/C12H19N3O4S/c1-10-11(5-3-6-12(10)15(16)17)9-13-7-4-8-14-20(2,18)19/h3,5-6,13-14H,4,7-9H2,1-2H3. The molecule has 0 radical (unpaired) electrons. The number of rotatable bonds is 8. The predicted molar refractivity (Wildman–Crippen MR) is 77.0 cm³/mol. The molecule has 20 heavy (non-hydrogen) atoms. The number of sulfonamides is 1. The highest BCUT2D eigenvalue weighted by Gasteiger charge is 2.12. The quantitative estimate of drug-likeness (QED) is 0.422. The maximum atomic E-state index is 10.8. The Morgan fingerprint density at radius 1 is 1.30 bits per heavy atom. The third-order valence-corrected chi connectivity index (χ3v) is 3.55. The Kier molecular flexibility index (Phi) is 6.05. The zero-order valence-electron chi connectivity index (χ0n) is 11.5. The minimum absolute atomic E-state index is 0.114. The molecule has 0 amide bonds. The van der Waals surface area contributed by atoms with Gasteiger partial charge in [-0.25, -0.2) is 13.1 Å². The van der Waals surface area contributed by atoms with Crippen molar-refractivity contribution < 1.29 is 13.3 Å². The normalized spacial score (nSPS) is 11.5. The van der Waals surface area contributed by atoms with Gasteiger partial charge in [-0.2, -0.15) is 0 Å². The Morgan fingerprint density at radius 2 is 2.00 bits per heavy atom. The number of hydrogen-bond donors (Lipinski definition) is 2. The van der Waals surface area contributed by atoms with Gasteiger partial charge in [0.25, 0.3) is 5.69 Å². The highest BCUT2D eigenvalue weighted by atomic mass is 32.2. The molecule has 1 aromatic rings. The van der Waals surface area contributed by atoms with E-state index in [1.807, 2.05) is 6.07 Å². The molecule has 0 heterocycles. The van der Waals surface area contributed by atoms with Crippen molar-refractivity contribution >= 4 is 15.7 Å². The van der Waals surface area contributed by atoms with Crippen LogP contribution in [0.3, 0.4) is 0 Å². The van der Waals surface area contributed by atoms with Crippen LogP contribution in [0.5, 0.6) is 0 Å². The minimum atomic E-state index is -3.14. The van der Waals surface area contributed by atoms with Gasteiger partial charge in [-0.3, -0.25) is 10.1 Å². The van der Waals surface area contributed by atoms with E-state index in [9.17, 15) is 18.5 Å². The van der Waals surface area contributed by atoms with Gasteiger partial charge in [-0.1, -0.05) is 12.1 Å². The highest BCUT2D eigenvalue weighted by Crippen LogP contribution is 2.20. The van der Waals surface area contributed by atoms with Gasteiger partial charge in [-0.05, 0) is 25.5 Å². The van der Waals surface area contributed by atoms with Crippen LogP contribution in [-0.2, 0) is 16.6 Å². The van der Waals surface area contributed by atoms with Crippen LogP contribution in [0.15, 0.2) is 18.2 Å². The molecule has 7 nitrogen and oxygen atoms in total. The Hall–Kier alpha value is -1.51. The zero-order valence-corrected chi connectivity index (χ0v) is 12.4. The van der Waals surface area contributed by atoms with Crippen LogP contribution >= 0.6 is 0 Å². The van der Waals surface area contributed by atoms with Crippen LogP contribution in [0.25, 0.3) is 0 Å². The SMILES string of the molecule is Cc1c(CNCCCNS(C)(=O)=O)cccc1[N+](=O)[O-]. The van der Waals surface area contributed by atoms with Crippen molar-refractivity contribution in [2.45, 2.75) is 19.9 Å². The van der Waals surface area contributed by atoms with Gasteiger partial charge >= 0.3 is 0 Å². The molecule has 0 saturated carbocycles. The molecule has 0 aliphatic heterocycles. The molecule has 2 N–H and O–H groups in total. The van der Waals surface area contributed by atoms with Crippen molar-refractivity contribution in [2.24, 2.45) is 0 Å². The Bertz CT molecular complexity index is 572. The van der Waals surface area contributed by atoms with Crippen LogP contribution in [0, 0.1) is 17.0 Å². The lowest BCUT2D eigenvalue weighted by Gasteiger charge is -2.08. The second-order valence-corrected chi connectivity index (χ2v) is 6.35. The molecule has 1 aromatic carbocycles. The molecular formula is C12H19N3O4S. The van der Waals surface area contributed by atoms with Crippen molar-refractivity contribution in [1.82, 2.24) is 10.0 Å². The first kappa shape index (κ1) is 16.5. The van der Waals surface area contributed by atoms with E-state index in [-0.39, 0.29) is 5.69 Å². The average molecular weight is 301 g/mol. The number of nitro benzene ring substituents is 1. The lowest BCUT2D eigenvalue weighted by molar-refractivity contribution is -0.385. The van der Waals surface area contributed by atoms with Gasteiger partial charge in [0.1, 0.15) is 0 Å². The molecule has 0 aromatic heterocycles. The fourth-order valence-corrected chi connectivity index (χ4v) is 2.27. The lowest BCUT2D eigenvalue weighted by atomic mass is 10.1. The molecule has 1 rings (SSSR count). The monoisotopic (exact) mass is 301 g/mol. The maximum Gasteiger partial charge on any atom is 0.272 e. The maximum absolute atomic E-state index is 10.8. The summed E-state index contributed by atoms with van der Waals surface area (Å²) in [6.07, 6.45) is 1.77. The Morgan fingerprint density at radius 3 is 2.60 bits per heavy atom. The average Bonchev–Trinajstić information content (AvgIpc) is 2.33. The molecule has 0 bridgehead atoms. The summed E-state index contributed by atoms with van der Waals surface area (Å²) >= 11 is 0. The van der Waals surface area contributed by atoms with Crippen molar-refractivity contribution in [2.75, 3.05) is 19.3 Å². The first-order valence-electron chi connectivity index (χ1n) is 6.19. The number of nitro groups is 1. The van der Waals surface area contributed by atoms with Crippen LogP contribution in [0.2, 0.25) is 0 Å². The van der Waals surface area contributed by atoms with Crippen molar-refractivity contribution in [3.8, 4) is 0 Å². The van der Waals surface area contributed by atoms with Crippen LogP contribution in [-0.4, -0.2) is 32.7 Å². The third kappa shape index (κ3) is 5.64. The molecule has 0 saturated heterocycles. The van der Waals surface area contributed by atoms with E-state index < -0.39 is 14.9 Å². The Balaban J connectivity index is 2.40. The second-order valence-electron chi connectivity index (χ2n) is 4.52. The predicted octanol–water partition coefficient (Wildman–Crippen LogP) is 0.932. The van der Waals surface area contributed by atoms with Crippen LogP contribution in [0.4, 0.5) is 5.69 Å². The summed E-state index contributed by atoms with van der Waals surface area (Å²) < 4.78 is 24.1. The second kappa shape index (κ2) is 7.32. The van der Waals surface area contributed by atoms with E-state index in [0.29, 0.717) is 31.6 Å². The molecule has 0 unspecified atom stereocenters. The lowest BCUT2D eigenvalue weighted by Crippen LogP contribution is -2.26. The smallest absolute Gasteiger partial charge is 0.272 e. The molecule has 0 spiro atoms. The first-order chi connectivity index (χ1) is 9.31. The fourth-order valence-electron chi connectivity index (χ4n) is 1.75. The van der Waals surface area contributed by atoms with E-state index in [4.69, 9.17) is 0 Å². The van der Waals surface area contributed by atoms with Crippen molar-refractivity contribution in [3.63, 3.8) is 0 Å². The minimum Gasteiger partial charge on any atom is -0.313 e. The molecule has 112 valence electrons. The molecular weight excluding hydrogens is 282 g/mol. The van der Waals surface area contributed by atoms with Crippen LogP contribution in [0.1, 0.15) is 17.5 Å². The Labute approximate surface area is 118 Å². The van der Waals surface area contributed by atoms with Gasteiger partial charge in [0, 0.05) is 24.7 Å². The summed E-state index contributed by atoms with van der Waals surface area (Å²) in [5.74, 6) is 0. The molecule has 8 heteroatoms. The van der Waals surface area contributed by atoms with Crippen molar-refractivity contribution in [1.29, 1.82) is 0 Å². The zero-order chi connectivity index (χ0) is 15.2. The summed E-state index contributed by atoms with van der Waals surface area (Å²) in [6.45, 7) is 3.25. The summed E-state index contributed by atoms with van der Waals surface area (Å²) in [6, 6.07) is 4.98. The van der Waals surface area contributed by atoms with Gasteiger partial charge in [0.05, 0.1) is 11.2 Å². The van der Waals surface area contributed by atoms with Gasteiger partial charge in [0.2, 0.25) is 10.0 Å². The largest absolute Gasteiger partial charge is 0.313 e. The molecule has 0 atom stereocenters. The van der Waals surface area contributed by atoms with Crippen LogP contribution < -0.4 is 10.0 Å². The molecule has 0 aliphatic rings. The van der Waals surface area contributed by atoms with E-state index in [1.165, 1.54) is 6.07 Å². The topological polar surface area (TPSA) is 101 Å². The number of hydrogen-bond acceptors (Lipinski definition) is 5.